The Bertz CT molecular complexity index is 704. The van der Waals surface area contributed by atoms with Gasteiger partial charge in [-0.1, -0.05) is 6.07 Å². The Kier molecular flexibility index (Phi) is 3.61. The Morgan fingerprint density at radius 1 is 1.30 bits per heavy atom. The molecule has 1 aliphatic heterocycles. The lowest BCUT2D eigenvalue weighted by molar-refractivity contribution is 0.0614. The maximum absolute atomic E-state index is 12.9. The first kappa shape index (κ1) is 14.4. The third-order valence-electron chi connectivity index (χ3n) is 4.71. The third kappa shape index (κ3) is 2.74. The van der Waals surface area contributed by atoms with E-state index in [1.54, 1.807) is 6.20 Å². The molecule has 0 radical (unpaired) electrons. The minimum absolute atomic E-state index is 0.0122. The van der Waals surface area contributed by atoms with Gasteiger partial charge in [0.1, 0.15) is 17.6 Å². The van der Waals surface area contributed by atoms with E-state index in [-0.39, 0.29) is 11.9 Å². The molecule has 1 saturated heterocycles. The summed E-state index contributed by atoms with van der Waals surface area (Å²) in [6, 6.07) is 3.87. The molecule has 1 atom stereocenters. The fourth-order valence-electron chi connectivity index (χ4n) is 3.21. The molecular weight excluding hydrogens is 290 g/mol. The van der Waals surface area contributed by atoms with Crippen molar-refractivity contribution in [2.45, 2.75) is 24.8 Å². The number of nitrogens with zero attached hydrogens (tertiary/aromatic N) is 4. The zero-order valence-electron chi connectivity index (χ0n) is 13.3. The quantitative estimate of drug-likeness (QED) is 0.932. The predicted octanol–water partition coefficient (Wildman–Crippen LogP) is 1.48. The molecule has 1 unspecified atom stereocenters. The largest absolute Gasteiger partial charge is 0.336 e. The number of amides is 1. The van der Waals surface area contributed by atoms with E-state index in [0.717, 1.165) is 18.9 Å². The van der Waals surface area contributed by atoms with E-state index in [4.69, 9.17) is 0 Å². The predicted molar refractivity (Wildman–Crippen MR) is 86.1 cm³/mol. The molecule has 0 spiro atoms. The minimum Gasteiger partial charge on any atom is -0.336 e. The summed E-state index contributed by atoms with van der Waals surface area (Å²) in [6.07, 6.45) is 8.04. The number of carbonyl (C=O) groups excluding carboxylic acids is 1. The maximum Gasteiger partial charge on any atom is 0.273 e. The van der Waals surface area contributed by atoms with Crippen molar-refractivity contribution in [2.75, 3.05) is 19.6 Å². The number of aromatic nitrogens is 3. The molecule has 3 heterocycles. The fourth-order valence-corrected chi connectivity index (χ4v) is 3.21. The van der Waals surface area contributed by atoms with Gasteiger partial charge in [0, 0.05) is 45.3 Å². The van der Waals surface area contributed by atoms with Crippen molar-refractivity contribution in [3.63, 3.8) is 0 Å². The number of aryl methyl sites for hydroxylation is 1. The normalized spacial score (nSPS) is 21.4. The molecule has 2 fully saturated rings. The first-order valence-electron chi connectivity index (χ1n) is 8.19. The van der Waals surface area contributed by atoms with E-state index in [0.29, 0.717) is 18.2 Å². The van der Waals surface area contributed by atoms with Crippen molar-refractivity contribution in [3.8, 4) is 0 Å². The average Bonchev–Trinajstić information content (AvgIpc) is 3.36. The van der Waals surface area contributed by atoms with Crippen LogP contribution in [0, 0.1) is 0 Å². The number of carbonyl (C=O) groups is 1. The van der Waals surface area contributed by atoms with E-state index in [2.05, 4.69) is 21.4 Å². The zero-order chi connectivity index (χ0) is 15.8. The number of piperazine rings is 1. The van der Waals surface area contributed by atoms with Crippen LogP contribution < -0.4 is 5.32 Å². The second kappa shape index (κ2) is 5.77. The highest BCUT2D eigenvalue weighted by atomic mass is 16.2. The molecular formula is C17H21N5O. The van der Waals surface area contributed by atoms with E-state index in [1.165, 1.54) is 18.4 Å². The highest BCUT2D eigenvalue weighted by molar-refractivity contribution is 5.92. The summed E-state index contributed by atoms with van der Waals surface area (Å²) in [7, 11) is 1.96. The van der Waals surface area contributed by atoms with Gasteiger partial charge in [0.2, 0.25) is 0 Å². The SMILES string of the molecule is Cn1ccnc1C1CNCCN1C(=O)c1ccc(C2CC2)cn1. The Morgan fingerprint density at radius 3 is 2.83 bits per heavy atom. The standard InChI is InChI=1S/C17H21N5O/c1-21-8-7-19-16(21)15-11-18-6-9-22(15)17(23)14-5-4-13(10-20-14)12-2-3-12/h4-5,7-8,10,12,15,18H,2-3,6,9,11H2,1H3. The van der Waals surface area contributed by atoms with Gasteiger partial charge in [-0.2, -0.15) is 0 Å². The molecule has 1 amide bonds. The van der Waals surface area contributed by atoms with Crippen molar-refractivity contribution in [1.82, 2.24) is 24.8 Å². The molecule has 1 saturated carbocycles. The summed E-state index contributed by atoms with van der Waals surface area (Å²) < 4.78 is 1.97. The van der Waals surface area contributed by atoms with Crippen LogP contribution in [-0.2, 0) is 7.05 Å². The monoisotopic (exact) mass is 311 g/mol. The highest BCUT2D eigenvalue weighted by Gasteiger charge is 2.32. The van der Waals surface area contributed by atoms with Crippen molar-refractivity contribution >= 4 is 5.91 Å². The molecule has 0 aromatic carbocycles. The lowest BCUT2D eigenvalue weighted by Gasteiger charge is -2.35. The van der Waals surface area contributed by atoms with Crippen LogP contribution >= 0.6 is 0 Å². The molecule has 4 rings (SSSR count). The van der Waals surface area contributed by atoms with Crippen LogP contribution in [0.4, 0.5) is 0 Å². The molecule has 2 aromatic rings. The van der Waals surface area contributed by atoms with Crippen molar-refractivity contribution in [1.29, 1.82) is 0 Å². The second-order valence-electron chi connectivity index (χ2n) is 6.37. The zero-order valence-corrected chi connectivity index (χ0v) is 13.3. The molecule has 120 valence electrons. The van der Waals surface area contributed by atoms with Crippen LogP contribution in [0.25, 0.3) is 0 Å². The van der Waals surface area contributed by atoms with Gasteiger partial charge >= 0.3 is 0 Å². The van der Waals surface area contributed by atoms with Crippen molar-refractivity contribution in [2.24, 2.45) is 7.05 Å². The van der Waals surface area contributed by atoms with E-state index >= 15 is 0 Å². The summed E-state index contributed by atoms with van der Waals surface area (Å²) >= 11 is 0. The average molecular weight is 311 g/mol. The van der Waals surface area contributed by atoms with Crippen LogP contribution in [0.15, 0.2) is 30.7 Å². The van der Waals surface area contributed by atoms with Gasteiger partial charge in [0.25, 0.3) is 5.91 Å². The minimum atomic E-state index is -0.0545. The molecule has 6 heteroatoms. The molecule has 2 aromatic heterocycles. The highest BCUT2D eigenvalue weighted by Crippen LogP contribution is 2.39. The summed E-state index contributed by atoms with van der Waals surface area (Å²) in [5, 5.41) is 3.35. The van der Waals surface area contributed by atoms with Gasteiger partial charge in [-0.3, -0.25) is 9.78 Å². The number of hydrogen-bond donors (Lipinski definition) is 1. The van der Waals surface area contributed by atoms with Crippen LogP contribution in [0.1, 0.15) is 46.7 Å². The number of imidazole rings is 1. The maximum atomic E-state index is 12.9. The second-order valence-corrected chi connectivity index (χ2v) is 6.37. The number of nitrogens with one attached hydrogen (secondary N) is 1. The Morgan fingerprint density at radius 2 is 2.17 bits per heavy atom. The first-order valence-corrected chi connectivity index (χ1v) is 8.19. The number of pyridine rings is 1. The van der Waals surface area contributed by atoms with Gasteiger partial charge in [0.15, 0.2) is 0 Å². The Labute approximate surface area is 135 Å². The van der Waals surface area contributed by atoms with Crippen LogP contribution in [-0.4, -0.2) is 45.0 Å². The van der Waals surface area contributed by atoms with Crippen molar-refractivity contribution in [3.05, 3.63) is 47.8 Å². The van der Waals surface area contributed by atoms with Gasteiger partial charge in [-0.05, 0) is 30.4 Å². The van der Waals surface area contributed by atoms with Gasteiger partial charge < -0.3 is 14.8 Å². The third-order valence-corrected chi connectivity index (χ3v) is 4.71. The van der Waals surface area contributed by atoms with Crippen LogP contribution in [0.2, 0.25) is 0 Å². The van der Waals surface area contributed by atoms with Crippen LogP contribution in [0.3, 0.4) is 0 Å². The molecule has 1 N–H and O–H groups in total. The van der Waals surface area contributed by atoms with Crippen LogP contribution in [0.5, 0.6) is 0 Å². The van der Waals surface area contributed by atoms with Gasteiger partial charge in [-0.15, -0.1) is 0 Å². The first-order chi connectivity index (χ1) is 11.2. The summed E-state index contributed by atoms with van der Waals surface area (Å²) in [5.74, 6) is 1.55. The van der Waals surface area contributed by atoms with E-state index in [9.17, 15) is 4.79 Å². The molecule has 2 aliphatic rings. The molecule has 0 bridgehead atoms. The van der Waals surface area contributed by atoms with E-state index < -0.39 is 0 Å². The summed E-state index contributed by atoms with van der Waals surface area (Å²) in [5.41, 5.74) is 1.78. The van der Waals surface area contributed by atoms with Gasteiger partial charge in [-0.25, -0.2) is 4.98 Å². The Hall–Kier alpha value is -2.21. The lowest BCUT2D eigenvalue weighted by Crippen LogP contribution is -2.49. The Balaban J connectivity index is 1.58. The molecule has 1 aliphatic carbocycles. The number of hydrogen-bond acceptors (Lipinski definition) is 4. The smallest absolute Gasteiger partial charge is 0.273 e. The number of rotatable bonds is 3. The molecule has 23 heavy (non-hydrogen) atoms. The fraction of sp³-hybridized carbons (Fsp3) is 0.471. The summed E-state index contributed by atoms with van der Waals surface area (Å²) in [6.45, 7) is 2.19. The van der Waals surface area contributed by atoms with Gasteiger partial charge in [0.05, 0.1) is 0 Å². The van der Waals surface area contributed by atoms with E-state index in [1.807, 2.05) is 35.0 Å². The molecule has 6 nitrogen and oxygen atoms in total. The topological polar surface area (TPSA) is 63.1 Å². The lowest BCUT2D eigenvalue weighted by atomic mass is 10.1. The van der Waals surface area contributed by atoms with Crippen molar-refractivity contribution < 1.29 is 4.79 Å². The summed E-state index contributed by atoms with van der Waals surface area (Å²) in [4.78, 5) is 23.6.